The minimum absolute atomic E-state index is 0.101. The molecule has 0 aromatic heterocycles. The lowest BCUT2D eigenvalue weighted by Crippen LogP contribution is -2.13. The summed E-state index contributed by atoms with van der Waals surface area (Å²) >= 11 is 0. The van der Waals surface area contributed by atoms with Crippen LogP contribution in [0.25, 0.3) is 0 Å². The molecule has 0 atom stereocenters. The van der Waals surface area contributed by atoms with Crippen molar-refractivity contribution >= 4 is 12.0 Å². The van der Waals surface area contributed by atoms with Gasteiger partial charge in [-0.25, -0.2) is 0 Å². The third-order valence-corrected chi connectivity index (χ3v) is 1.94. The van der Waals surface area contributed by atoms with Gasteiger partial charge in [-0.05, 0) is 19.1 Å². The number of carbonyl (C=O) groups excluding carboxylic acids is 1. The fourth-order valence-electron chi connectivity index (χ4n) is 1.33. The lowest BCUT2D eigenvalue weighted by molar-refractivity contribution is -0.137. The first kappa shape index (κ1) is 12.4. The predicted octanol–water partition coefficient (Wildman–Crippen LogP) is 2.50. The molecule has 0 amide bonds. The summed E-state index contributed by atoms with van der Waals surface area (Å²) in [5.41, 5.74) is 3.02. The van der Waals surface area contributed by atoms with Crippen molar-refractivity contribution in [1.29, 1.82) is 0 Å². The van der Waals surface area contributed by atoms with E-state index >= 15 is 0 Å². The Labute approximate surface area is 90.0 Å². The summed E-state index contributed by atoms with van der Waals surface area (Å²) in [5.74, 6) is -0.112. The Morgan fingerprint density at radius 2 is 2.06 bits per heavy atom. The summed E-state index contributed by atoms with van der Waals surface area (Å²) in [6.07, 6.45) is -4.57. The minimum Gasteiger partial charge on any atom is -0.493 e. The quantitative estimate of drug-likeness (QED) is 0.644. The van der Waals surface area contributed by atoms with E-state index in [2.05, 4.69) is 0 Å². The molecule has 16 heavy (non-hydrogen) atoms. The maximum atomic E-state index is 12.6. The van der Waals surface area contributed by atoms with Crippen molar-refractivity contribution in [1.82, 2.24) is 0 Å². The van der Waals surface area contributed by atoms with Gasteiger partial charge in [-0.1, -0.05) is 0 Å². The van der Waals surface area contributed by atoms with Gasteiger partial charge >= 0.3 is 6.18 Å². The number of halogens is 3. The molecule has 0 saturated carbocycles. The van der Waals surface area contributed by atoms with Gasteiger partial charge in [0.05, 0.1) is 17.7 Å². The zero-order valence-corrected chi connectivity index (χ0v) is 8.47. The normalized spacial score (nSPS) is 11.2. The van der Waals surface area contributed by atoms with Gasteiger partial charge in [0.25, 0.3) is 0 Å². The summed E-state index contributed by atoms with van der Waals surface area (Å²) in [5, 5.41) is 0. The lowest BCUT2D eigenvalue weighted by Gasteiger charge is -2.15. The van der Waals surface area contributed by atoms with E-state index in [1.807, 2.05) is 0 Å². The predicted molar refractivity (Wildman–Crippen MR) is 52.4 cm³/mol. The Morgan fingerprint density at radius 3 is 2.50 bits per heavy atom. The van der Waals surface area contributed by atoms with Crippen molar-refractivity contribution < 1.29 is 22.7 Å². The van der Waals surface area contributed by atoms with Gasteiger partial charge in [-0.3, -0.25) is 4.79 Å². The highest BCUT2D eigenvalue weighted by Gasteiger charge is 2.37. The molecule has 3 nitrogen and oxygen atoms in total. The molecule has 0 heterocycles. The Bertz CT molecular complexity index is 402. The van der Waals surface area contributed by atoms with Gasteiger partial charge in [-0.2, -0.15) is 13.2 Å². The van der Waals surface area contributed by atoms with Crippen LogP contribution in [0.2, 0.25) is 0 Å². The topological polar surface area (TPSA) is 52.3 Å². The van der Waals surface area contributed by atoms with Gasteiger partial charge in [-0.15, -0.1) is 0 Å². The van der Waals surface area contributed by atoms with E-state index in [0.717, 1.165) is 6.07 Å². The third kappa shape index (κ3) is 2.26. The van der Waals surface area contributed by atoms with E-state index in [9.17, 15) is 18.0 Å². The van der Waals surface area contributed by atoms with Gasteiger partial charge in [0.2, 0.25) is 0 Å². The molecule has 0 aliphatic rings. The first-order chi connectivity index (χ1) is 7.41. The molecule has 6 heteroatoms. The second kappa shape index (κ2) is 4.42. The van der Waals surface area contributed by atoms with Gasteiger partial charge in [0.15, 0.2) is 6.29 Å². The first-order valence-electron chi connectivity index (χ1n) is 4.49. The van der Waals surface area contributed by atoms with Crippen molar-refractivity contribution in [2.75, 3.05) is 12.3 Å². The van der Waals surface area contributed by atoms with Crippen LogP contribution < -0.4 is 10.5 Å². The molecule has 1 aromatic rings. The summed E-state index contributed by atoms with van der Waals surface area (Å²) < 4.78 is 42.8. The van der Waals surface area contributed by atoms with Crippen molar-refractivity contribution in [2.45, 2.75) is 13.1 Å². The number of aldehydes is 1. The molecule has 0 aliphatic heterocycles. The van der Waals surface area contributed by atoms with Crippen LogP contribution in [-0.2, 0) is 6.18 Å². The number of alkyl halides is 3. The molecule has 0 fully saturated rings. The molecular formula is C10H10F3NO2. The highest BCUT2D eigenvalue weighted by Crippen LogP contribution is 2.39. The van der Waals surface area contributed by atoms with Gasteiger partial charge < -0.3 is 10.5 Å². The van der Waals surface area contributed by atoms with Gasteiger partial charge in [0, 0.05) is 5.69 Å². The molecule has 88 valence electrons. The molecule has 0 unspecified atom stereocenters. The molecule has 0 spiro atoms. The Balaban J connectivity index is 3.44. The lowest BCUT2D eigenvalue weighted by atomic mass is 10.0. The number of carbonyl (C=O) groups is 1. The second-order valence-electron chi connectivity index (χ2n) is 2.99. The van der Waals surface area contributed by atoms with Crippen LogP contribution in [0, 0.1) is 0 Å². The van der Waals surface area contributed by atoms with Crippen molar-refractivity contribution in [3.8, 4) is 5.75 Å². The fraction of sp³-hybridized carbons (Fsp3) is 0.300. The summed E-state index contributed by atoms with van der Waals surface area (Å²) in [6, 6.07) is 2.32. The van der Waals surface area contributed by atoms with Crippen molar-refractivity contribution in [3.63, 3.8) is 0 Å². The summed E-state index contributed by atoms with van der Waals surface area (Å²) in [6.45, 7) is 1.78. The highest BCUT2D eigenvalue weighted by molar-refractivity contribution is 5.85. The molecular weight excluding hydrogens is 223 g/mol. The monoisotopic (exact) mass is 233 g/mol. The van der Waals surface area contributed by atoms with Crippen LogP contribution in [0.4, 0.5) is 18.9 Å². The van der Waals surface area contributed by atoms with Crippen molar-refractivity contribution in [2.24, 2.45) is 0 Å². The molecule has 1 aromatic carbocycles. The molecule has 0 radical (unpaired) electrons. The van der Waals surface area contributed by atoms with E-state index in [-0.39, 0.29) is 18.6 Å². The van der Waals surface area contributed by atoms with E-state index in [0.29, 0.717) is 0 Å². The SMILES string of the molecule is CCOc1ccc(N)c(C(F)(F)F)c1C=O. The number of benzene rings is 1. The van der Waals surface area contributed by atoms with Crippen LogP contribution in [-0.4, -0.2) is 12.9 Å². The van der Waals surface area contributed by atoms with Gasteiger partial charge in [0.1, 0.15) is 5.75 Å². The number of nitrogen functional groups attached to an aromatic ring is 1. The summed E-state index contributed by atoms with van der Waals surface area (Å²) in [4.78, 5) is 10.7. The maximum absolute atomic E-state index is 12.6. The van der Waals surface area contributed by atoms with Crippen LogP contribution in [0.3, 0.4) is 0 Å². The number of nitrogens with two attached hydrogens (primary N) is 1. The van der Waals surface area contributed by atoms with Crippen LogP contribution >= 0.6 is 0 Å². The third-order valence-electron chi connectivity index (χ3n) is 1.94. The Kier molecular flexibility index (Phi) is 3.41. The Hall–Kier alpha value is -1.72. The second-order valence-corrected chi connectivity index (χ2v) is 2.99. The molecule has 1 rings (SSSR count). The largest absolute Gasteiger partial charge is 0.493 e. The maximum Gasteiger partial charge on any atom is 0.419 e. The van der Waals surface area contributed by atoms with Crippen LogP contribution in [0.1, 0.15) is 22.8 Å². The number of ether oxygens (including phenoxy) is 1. The average molecular weight is 233 g/mol. The van der Waals surface area contributed by atoms with E-state index in [1.54, 1.807) is 6.92 Å². The Morgan fingerprint density at radius 1 is 1.44 bits per heavy atom. The molecule has 2 N–H and O–H groups in total. The molecule has 0 saturated heterocycles. The van der Waals surface area contributed by atoms with Crippen LogP contribution in [0.5, 0.6) is 5.75 Å². The zero-order valence-electron chi connectivity index (χ0n) is 8.47. The number of hydrogen-bond acceptors (Lipinski definition) is 3. The molecule has 0 aliphatic carbocycles. The van der Waals surface area contributed by atoms with E-state index in [4.69, 9.17) is 10.5 Å². The summed E-state index contributed by atoms with van der Waals surface area (Å²) in [7, 11) is 0. The highest BCUT2D eigenvalue weighted by atomic mass is 19.4. The van der Waals surface area contributed by atoms with Crippen molar-refractivity contribution in [3.05, 3.63) is 23.3 Å². The van der Waals surface area contributed by atoms with E-state index in [1.165, 1.54) is 6.07 Å². The zero-order chi connectivity index (χ0) is 12.3. The first-order valence-corrected chi connectivity index (χ1v) is 4.49. The number of rotatable bonds is 3. The average Bonchev–Trinajstić information content (AvgIpc) is 2.18. The number of anilines is 1. The fourth-order valence-corrected chi connectivity index (χ4v) is 1.33. The standard InChI is InChI=1S/C10H10F3NO2/c1-2-16-8-4-3-7(14)9(6(8)5-15)10(11,12)13/h3-5H,2,14H2,1H3. The minimum atomic E-state index is -4.67. The number of hydrogen-bond donors (Lipinski definition) is 1. The van der Waals surface area contributed by atoms with E-state index < -0.39 is 23.0 Å². The smallest absolute Gasteiger partial charge is 0.419 e. The van der Waals surface area contributed by atoms with Crippen LogP contribution in [0.15, 0.2) is 12.1 Å². The molecule has 0 bridgehead atoms.